The van der Waals surface area contributed by atoms with E-state index in [0.29, 0.717) is 28.6 Å². The Morgan fingerprint density at radius 2 is 1.80 bits per heavy atom. The standard InChI is InChI=1S/C24H20N8O3/c1-31-19-12-26-18-7-5-14(17-11-28-23(35-4)30-22(17)34-3)9-16(18)21(19)32(24(31)29-13-25)15-6-8-20(33-2)27-10-15/h5-12H,1-4H3. The Kier molecular flexibility index (Phi) is 5.46. The van der Waals surface area contributed by atoms with Gasteiger partial charge in [-0.2, -0.15) is 10.2 Å². The molecule has 11 nitrogen and oxygen atoms in total. The number of hydrogen-bond acceptors (Lipinski definition) is 9. The highest BCUT2D eigenvalue weighted by atomic mass is 16.5. The maximum Gasteiger partial charge on any atom is 0.319 e. The van der Waals surface area contributed by atoms with Gasteiger partial charge in [-0.1, -0.05) is 6.07 Å². The molecule has 0 atom stereocenters. The summed E-state index contributed by atoms with van der Waals surface area (Å²) in [5.74, 6) is 0.866. The first-order valence-electron chi connectivity index (χ1n) is 10.5. The Bertz CT molecular complexity index is 1680. The maximum absolute atomic E-state index is 9.40. The van der Waals surface area contributed by atoms with Crippen LogP contribution >= 0.6 is 0 Å². The predicted molar refractivity (Wildman–Crippen MR) is 127 cm³/mol. The van der Waals surface area contributed by atoms with Gasteiger partial charge in [0.05, 0.1) is 61.5 Å². The Hall–Kier alpha value is -4.98. The molecule has 0 aliphatic carbocycles. The van der Waals surface area contributed by atoms with Crippen LogP contribution in [-0.2, 0) is 7.05 Å². The first-order chi connectivity index (χ1) is 17.1. The molecular weight excluding hydrogens is 448 g/mol. The fourth-order valence-corrected chi connectivity index (χ4v) is 4.02. The molecule has 4 aromatic heterocycles. The lowest BCUT2D eigenvalue weighted by molar-refractivity contribution is 0.353. The minimum absolute atomic E-state index is 0.214. The van der Waals surface area contributed by atoms with Gasteiger partial charge in [0.25, 0.3) is 0 Å². The highest BCUT2D eigenvalue weighted by Gasteiger charge is 2.18. The summed E-state index contributed by atoms with van der Waals surface area (Å²) >= 11 is 0. The molecule has 4 heterocycles. The second-order valence-corrected chi connectivity index (χ2v) is 7.47. The van der Waals surface area contributed by atoms with Crippen molar-refractivity contribution in [3.63, 3.8) is 0 Å². The second-order valence-electron chi connectivity index (χ2n) is 7.47. The number of methoxy groups -OCH3 is 3. The fourth-order valence-electron chi connectivity index (χ4n) is 4.02. The molecule has 0 unspecified atom stereocenters. The molecule has 35 heavy (non-hydrogen) atoms. The smallest absolute Gasteiger partial charge is 0.319 e. The monoisotopic (exact) mass is 468 g/mol. The average Bonchev–Trinajstić information content (AvgIpc) is 3.19. The largest absolute Gasteiger partial charge is 0.481 e. The van der Waals surface area contributed by atoms with Crippen molar-refractivity contribution in [2.75, 3.05) is 21.3 Å². The van der Waals surface area contributed by atoms with Gasteiger partial charge in [0.15, 0.2) is 0 Å². The van der Waals surface area contributed by atoms with Gasteiger partial charge in [-0.3, -0.25) is 9.55 Å². The van der Waals surface area contributed by atoms with Gasteiger partial charge in [-0.05, 0) is 23.8 Å². The average molecular weight is 468 g/mol. The molecule has 174 valence electrons. The van der Waals surface area contributed by atoms with Crippen LogP contribution in [0.25, 0.3) is 38.8 Å². The van der Waals surface area contributed by atoms with Gasteiger partial charge < -0.3 is 18.8 Å². The van der Waals surface area contributed by atoms with Gasteiger partial charge in [-0.25, -0.2) is 9.97 Å². The number of imidazole rings is 1. The van der Waals surface area contributed by atoms with E-state index >= 15 is 0 Å². The van der Waals surface area contributed by atoms with Crippen LogP contribution in [0.3, 0.4) is 0 Å². The number of nitriles is 1. The van der Waals surface area contributed by atoms with Gasteiger partial charge in [0.2, 0.25) is 23.6 Å². The topological polar surface area (TPSA) is 125 Å². The van der Waals surface area contributed by atoms with Crippen molar-refractivity contribution >= 4 is 21.9 Å². The number of fused-ring (bicyclic) bond motifs is 3. The van der Waals surface area contributed by atoms with Crippen LogP contribution in [0.2, 0.25) is 0 Å². The van der Waals surface area contributed by atoms with Crippen molar-refractivity contribution in [3.05, 3.63) is 54.5 Å². The minimum atomic E-state index is 0.214. The molecule has 0 aliphatic heterocycles. The van der Waals surface area contributed by atoms with Crippen LogP contribution in [0.5, 0.6) is 17.8 Å². The Morgan fingerprint density at radius 1 is 0.943 bits per heavy atom. The lowest BCUT2D eigenvalue weighted by atomic mass is 10.0. The summed E-state index contributed by atoms with van der Waals surface area (Å²) in [6.45, 7) is 0. The quantitative estimate of drug-likeness (QED) is 0.361. The first kappa shape index (κ1) is 21.8. The fraction of sp³-hybridized carbons (Fsp3) is 0.167. The Labute approximate surface area is 199 Å². The molecule has 0 N–H and O–H groups in total. The SMILES string of the molecule is COc1ccc(-n2c(=NC#N)n(C)c3cnc4ccc(-c5cnc(OC)nc5OC)cc4c32)cn1. The number of benzene rings is 1. The summed E-state index contributed by atoms with van der Waals surface area (Å²) in [5.41, 5.74) is 5.04. The number of nitrogens with zero attached hydrogens (tertiary/aromatic N) is 8. The molecule has 0 fully saturated rings. The van der Waals surface area contributed by atoms with E-state index in [0.717, 1.165) is 27.5 Å². The van der Waals surface area contributed by atoms with Crippen molar-refractivity contribution in [1.29, 1.82) is 5.26 Å². The molecular formula is C24H20N8O3. The molecule has 11 heteroatoms. The van der Waals surface area contributed by atoms with Crippen LogP contribution < -0.4 is 19.8 Å². The van der Waals surface area contributed by atoms with Crippen LogP contribution in [0.4, 0.5) is 0 Å². The second kappa shape index (κ2) is 8.75. The molecule has 0 amide bonds. The number of hydrogen-bond donors (Lipinski definition) is 0. The number of ether oxygens (including phenoxy) is 3. The third-order valence-electron chi connectivity index (χ3n) is 5.66. The summed E-state index contributed by atoms with van der Waals surface area (Å²) < 4.78 is 19.5. The van der Waals surface area contributed by atoms with E-state index in [1.54, 1.807) is 38.9 Å². The Balaban J connectivity index is 1.86. The zero-order valence-corrected chi connectivity index (χ0v) is 19.4. The van der Waals surface area contributed by atoms with E-state index in [4.69, 9.17) is 14.2 Å². The van der Waals surface area contributed by atoms with Crippen molar-refractivity contribution in [2.24, 2.45) is 12.0 Å². The van der Waals surface area contributed by atoms with Gasteiger partial charge in [0, 0.05) is 24.7 Å². The van der Waals surface area contributed by atoms with Gasteiger partial charge in [-0.15, -0.1) is 4.99 Å². The molecule has 0 spiro atoms. The van der Waals surface area contributed by atoms with E-state index in [1.165, 1.54) is 7.11 Å². The summed E-state index contributed by atoms with van der Waals surface area (Å²) in [7, 11) is 6.44. The lowest BCUT2D eigenvalue weighted by Crippen LogP contribution is -2.22. The Morgan fingerprint density at radius 3 is 2.49 bits per heavy atom. The van der Waals surface area contributed by atoms with Crippen molar-refractivity contribution < 1.29 is 14.2 Å². The van der Waals surface area contributed by atoms with E-state index in [1.807, 2.05) is 46.6 Å². The van der Waals surface area contributed by atoms with Crippen molar-refractivity contribution in [2.45, 2.75) is 0 Å². The number of pyridine rings is 2. The van der Waals surface area contributed by atoms with Crippen molar-refractivity contribution in [1.82, 2.24) is 29.1 Å². The zero-order chi connectivity index (χ0) is 24.5. The highest BCUT2D eigenvalue weighted by Crippen LogP contribution is 2.33. The predicted octanol–water partition coefficient (Wildman–Crippen LogP) is 2.78. The van der Waals surface area contributed by atoms with Crippen LogP contribution in [0.15, 0.2) is 53.9 Å². The third kappa shape index (κ3) is 3.57. The summed E-state index contributed by atoms with van der Waals surface area (Å²) in [6.07, 6.45) is 6.99. The van der Waals surface area contributed by atoms with Crippen molar-refractivity contribution in [3.8, 4) is 40.8 Å². The molecule has 0 radical (unpaired) electrons. The number of aromatic nitrogens is 6. The molecule has 0 saturated heterocycles. The molecule has 0 saturated carbocycles. The number of aryl methyl sites for hydroxylation is 1. The number of rotatable bonds is 5. The van der Waals surface area contributed by atoms with Crippen LogP contribution in [-0.4, -0.2) is 50.4 Å². The van der Waals surface area contributed by atoms with Gasteiger partial charge in [0.1, 0.15) is 0 Å². The van der Waals surface area contributed by atoms with E-state index in [2.05, 4.69) is 24.9 Å². The maximum atomic E-state index is 9.40. The van der Waals surface area contributed by atoms with Gasteiger partial charge >= 0.3 is 6.01 Å². The van der Waals surface area contributed by atoms with E-state index < -0.39 is 0 Å². The summed E-state index contributed by atoms with van der Waals surface area (Å²) in [4.78, 5) is 21.6. The molecule has 5 rings (SSSR count). The molecule has 0 aliphatic rings. The van der Waals surface area contributed by atoms with Crippen LogP contribution in [0, 0.1) is 11.5 Å². The third-order valence-corrected chi connectivity index (χ3v) is 5.66. The highest BCUT2D eigenvalue weighted by molar-refractivity contribution is 6.04. The normalized spacial score (nSPS) is 11.6. The lowest BCUT2D eigenvalue weighted by Gasteiger charge is -2.11. The molecule has 5 aromatic rings. The zero-order valence-electron chi connectivity index (χ0n) is 19.4. The summed E-state index contributed by atoms with van der Waals surface area (Å²) in [6, 6.07) is 9.66. The minimum Gasteiger partial charge on any atom is -0.481 e. The first-order valence-corrected chi connectivity index (χ1v) is 10.5. The summed E-state index contributed by atoms with van der Waals surface area (Å²) in [5, 5.41) is 10.2. The van der Waals surface area contributed by atoms with E-state index in [9.17, 15) is 5.26 Å². The van der Waals surface area contributed by atoms with Crippen LogP contribution in [0.1, 0.15) is 0 Å². The molecule has 1 aromatic carbocycles. The molecule has 0 bridgehead atoms. The van der Waals surface area contributed by atoms with E-state index in [-0.39, 0.29) is 6.01 Å².